The van der Waals surface area contributed by atoms with Gasteiger partial charge < -0.3 is 9.47 Å². The minimum atomic E-state index is -0.606. The highest BCUT2D eigenvalue weighted by Crippen LogP contribution is 2.31. The van der Waals surface area contributed by atoms with Crippen molar-refractivity contribution in [3.63, 3.8) is 0 Å². The maximum atomic E-state index is 13.6. The Morgan fingerprint density at radius 3 is 2.53 bits per heavy atom. The molecule has 0 aliphatic carbocycles. The normalized spacial score (nSPS) is 15.7. The number of esters is 1. The lowest BCUT2D eigenvalue weighted by atomic mass is 9.95. The zero-order valence-electron chi connectivity index (χ0n) is 19.4. The number of aromatic nitrogens is 1. The number of carbonyl (C=O) groups is 1. The van der Waals surface area contributed by atoms with E-state index in [1.165, 1.54) is 11.3 Å². The average Bonchev–Trinajstić information content (AvgIpc) is 3.10. The van der Waals surface area contributed by atoms with Crippen LogP contribution in [0.3, 0.4) is 0 Å². The molecule has 1 aliphatic rings. The van der Waals surface area contributed by atoms with Crippen LogP contribution >= 0.6 is 27.3 Å². The largest absolute Gasteiger partial charge is 0.493 e. The number of fused-ring (bicyclic) bond motifs is 1. The van der Waals surface area contributed by atoms with E-state index >= 15 is 0 Å². The fraction of sp³-hybridized carbons (Fsp3) is 0.269. The molecule has 2 aromatic carbocycles. The number of hydrogen-bond acceptors (Lipinski definition) is 6. The van der Waals surface area contributed by atoms with Crippen LogP contribution in [0.5, 0.6) is 5.75 Å². The van der Waals surface area contributed by atoms with Crippen LogP contribution in [0.1, 0.15) is 43.5 Å². The van der Waals surface area contributed by atoms with Crippen molar-refractivity contribution in [3.05, 3.63) is 94.6 Å². The van der Waals surface area contributed by atoms with Gasteiger partial charge in [-0.25, -0.2) is 9.79 Å². The highest BCUT2D eigenvalue weighted by molar-refractivity contribution is 9.10. The molecule has 0 saturated heterocycles. The van der Waals surface area contributed by atoms with Crippen molar-refractivity contribution in [2.45, 2.75) is 33.7 Å². The van der Waals surface area contributed by atoms with E-state index in [-0.39, 0.29) is 12.2 Å². The molecule has 3 aromatic rings. The summed E-state index contributed by atoms with van der Waals surface area (Å²) in [7, 11) is 0. The van der Waals surface area contributed by atoms with Gasteiger partial charge in [0.1, 0.15) is 5.75 Å². The van der Waals surface area contributed by atoms with Crippen LogP contribution in [0.15, 0.2) is 68.0 Å². The van der Waals surface area contributed by atoms with Crippen molar-refractivity contribution in [2.75, 3.05) is 13.2 Å². The molecule has 6 nitrogen and oxygen atoms in total. The molecule has 4 rings (SSSR count). The topological polar surface area (TPSA) is 69.9 Å². The van der Waals surface area contributed by atoms with Crippen LogP contribution in [0.2, 0.25) is 0 Å². The zero-order valence-corrected chi connectivity index (χ0v) is 21.8. The molecule has 8 heteroatoms. The second-order valence-corrected chi connectivity index (χ2v) is 9.70. The molecule has 1 atom stereocenters. The molecule has 1 aliphatic heterocycles. The summed E-state index contributed by atoms with van der Waals surface area (Å²) in [5.74, 6) is 0.286. The van der Waals surface area contributed by atoms with Gasteiger partial charge >= 0.3 is 5.97 Å². The molecular weight excluding hydrogens is 516 g/mol. The number of rotatable bonds is 6. The van der Waals surface area contributed by atoms with Gasteiger partial charge in [0, 0.05) is 0 Å². The quantitative estimate of drug-likeness (QED) is 0.438. The number of thiazole rings is 1. The lowest BCUT2D eigenvalue weighted by Gasteiger charge is -2.24. The Labute approximate surface area is 210 Å². The summed E-state index contributed by atoms with van der Waals surface area (Å²) in [6, 6.07) is 12.9. The van der Waals surface area contributed by atoms with Gasteiger partial charge in [0.2, 0.25) is 0 Å². The number of halogens is 1. The van der Waals surface area contributed by atoms with Crippen LogP contribution in [0, 0.1) is 6.92 Å². The third kappa shape index (κ3) is 4.65. The molecule has 34 heavy (non-hydrogen) atoms. The zero-order chi connectivity index (χ0) is 24.4. The number of hydrogen-bond donors (Lipinski definition) is 0. The average molecular weight is 541 g/mol. The first-order chi connectivity index (χ1) is 16.3. The van der Waals surface area contributed by atoms with Crippen LogP contribution in [0.4, 0.5) is 0 Å². The molecule has 0 bridgehead atoms. The van der Waals surface area contributed by atoms with Gasteiger partial charge in [0.15, 0.2) is 4.80 Å². The summed E-state index contributed by atoms with van der Waals surface area (Å²) in [6.07, 6.45) is 1.83. The Morgan fingerprint density at radius 1 is 1.15 bits per heavy atom. The standard InChI is InChI=1S/C26H25BrN2O4S/c1-5-32-20-12-9-17(13-19(20)27)14-21-24(30)29-23(18-10-7-15(3)8-11-18)22(25(31)33-6-2)16(4)28-26(29)34-21/h7-14,23H,5-6H2,1-4H3/b21-14+/t23-/m0/s1. The molecule has 0 fully saturated rings. The molecule has 176 valence electrons. The lowest BCUT2D eigenvalue weighted by Crippen LogP contribution is -2.39. The Hall–Kier alpha value is -2.97. The smallest absolute Gasteiger partial charge is 0.338 e. The summed E-state index contributed by atoms with van der Waals surface area (Å²) in [5, 5.41) is 0. The van der Waals surface area contributed by atoms with Crippen molar-refractivity contribution in [3.8, 4) is 5.75 Å². The molecule has 0 spiro atoms. The van der Waals surface area contributed by atoms with E-state index < -0.39 is 12.0 Å². The minimum absolute atomic E-state index is 0.200. The summed E-state index contributed by atoms with van der Waals surface area (Å²) < 4.78 is 13.9. The molecule has 0 amide bonds. The third-order valence-corrected chi connectivity index (χ3v) is 7.07. The molecule has 0 N–H and O–H groups in total. The number of ether oxygens (including phenoxy) is 2. The first kappa shape index (κ1) is 24.2. The van der Waals surface area contributed by atoms with Gasteiger partial charge in [0.25, 0.3) is 5.56 Å². The Morgan fingerprint density at radius 2 is 1.88 bits per heavy atom. The maximum absolute atomic E-state index is 13.6. The first-order valence-corrected chi connectivity index (χ1v) is 12.6. The van der Waals surface area contributed by atoms with Gasteiger partial charge in [-0.2, -0.15) is 0 Å². The second kappa shape index (κ2) is 10.1. The SMILES string of the molecule is CCOC(=O)C1=C(C)N=c2s/c(=C/c3ccc(OCC)c(Br)c3)c(=O)n2[C@H]1c1ccc(C)cc1. The maximum Gasteiger partial charge on any atom is 0.338 e. The van der Waals surface area contributed by atoms with Gasteiger partial charge in [-0.15, -0.1) is 0 Å². The molecular formula is C26H25BrN2O4S. The van der Waals surface area contributed by atoms with E-state index in [0.717, 1.165) is 26.9 Å². The van der Waals surface area contributed by atoms with Crippen molar-refractivity contribution < 1.29 is 14.3 Å². The van der Waals surface area contributed by atoms with E-state index in [1.807, 2.05) is 62.4 Å². The second-order valence-electron chi connectivity index (χ2n) is 7.84. The molecule has 1 aromatic heterocycles. The summed E-state index contributed by atoms with van der Waals surface area (Å²) in [6.45, 7) is 8.29. The van der Waals surface area contributed by atoms with E-state index in [9.17, 15) is 9.59 Å². The molecule has 0 unspecified atom stereocenters. The number of allylic oxidation sites excluding steroid dienone is 1. The highest BCUT2D eigenvalue weighted by atomic mass is 79.9. The van der Waals surface area contributed by atoms with Gasteiger partial charge in [0.05, 0.1) is 39.5 Å². The van der Waals surface area contributed by atoms with Gasteiger partial charge in [-0.3, -0.25) is 9.36 Å². The van der Waals surface area contributed by atoms with E-state index in [4.69, 9.17) is 9.47 Å². The fourth-order valence-corrected chi connectivity index (χ4v) is 5.44. The monoisotopic (exact) mass is 540 g/mol. The van der Waals surface area contributed by atoms with Gasteiger partial charge in [-0.1, -0.05) is 47.2 Å². The van der Waals surface area contributed by atoms with Gasteiger partial charge in [-0.05, 0) is 73.0 Å². The minimum Gasteiger partial charge on any atom is -0.493 e. The van der Waals surface area contributed by atoms with Crippen LogP contribution in [-0.2, 0) is 9.53 Å². The summed E-state index contributed by atoms with van der Waals surface area (Å²) in [5.41, 5.74) is 3.52. The van der Waals surface area contributed by atoms with E-state index in [0.29, 0.717) is 27.2 Å². The predicted molar refractivity (Wildman–Crippen MR) is 137 cm³/mol. The Kier molecular flexibility index (Phi) is 7.19. The Bertz CT molecular complexity index is 1450. The predicted octanol–water partition coefficient (Wildman–Crippen LogP) is 4.27. The fourth-order valence-electron chi connectivity index (χ4n) is 3.89. The van der Waals surface area contributed by atoms with Crippen molar-refractivity contribution >= 4 is 39.3 Å². The number of carbonyl (C=O) groups excluding carboxylic acids is 1. The molecule has 0 saturated carbocycles. The highest BCUT2D eigenvalue weighted by Gasteiger charge is 2.33. The lowest BCUT2D eigenvalue weighted by molar-refractivity contribution is -0.139. The molecule has 2 heterocycles. The van der Waals surface area contributed by atoms with Crippen molar-refractivity contribution in [1.82, 2.24) is 4.57 Å². The molecule has 0 radical (unpaired) electrons. The van der Waals surface area contributed by atoms with Crippen molar-refractivity contribution in [2.24, 2.45) is 4.99 Å². The third-order valence-electron chi connectivity index (χ3n) is 5.46. The van der Waals surface area contributed by atoms with E-state index in [1.54, 1.807) is 18.4 Å². The summed E-state index contributed by atoms with van der Waals surface area (Å²) >= 11 is 4.83. The number of nitrogens with zero attached hydrogens (tertiary/aromatic N) is 2. The van der Waals surface area contributed by atoms with Crippen LogP contribution in [-0.4, -0.2) is 23.8 Å². The van der Waals surface area contributed by atoms with Crippen LogP contribution in [0.25, 0.3) is 6.08 Å². The Balaban J connectivity index is 1.89. The van der Waals surface area contributed by atoms with Crippen LogP contribution < -0.4 is 19.6 Å². The number of benzene rings is 2. The first-order valence-electron chi connectivity index (χ1n) is 11.0. The summed E-state index contributed by atoms with van der Waals surface area (Å²) in [4.78, 5) is 31.7. The van der Waals surface area contributed by atoms with Crippen molar-refractivity contribution in [1.29, 1.82) is 0 Å². The van der Waals surface area contributed by atoms with E-state index in [2.05, 4.69) is 20.9 Å². The number of aryl methyl sites for hydroxylation is 1.